The van der Waals surface area contributed by atoms with E-state index in [2.05, 4.69) is 15.3 Å². The van der Waals surface area contributed by atoms with Gasteiger partial charge in [-0.15, -0.1) is 0 Å². The maximum Gasteiger partial charge on any atom is 0.416 e. The molecule has 10 heteroatoms. The standard InChI is InChI=1S/C27H25F3N4O2S/c28-27(29,30)19-9-8-11-21(17-19)34-25(36)22-12-3-4-13-23(22)33-26(34)37-16-7-1-2-14-24(35)32-18-20-10-5-6-15-31-20/h3-6,8-13,15,17H,1-2,7,14,16,18H2,(H,32,35). The lowest BCUT2D eigenvalue weighted by atomic mass is 10.2. The largest absolute Gasteiger partial charge is 0.416 e. The second-order valence-electron chi connectivity index (χ2n) is 8.36. The number of para-hydroxylation sites is 1. The highest BCUT2D eigenvalue weighted by Crippen LogP contribution is 2.31. The van der Waals surface area contributed by atoms with Crippen molar-refractivity contribution in [1.29, 1.82) is 0 Å². The summed E-state index contributed by atoms with van der Waals surface area (Å²) < 4.78 is 41.2. The van der Waals surface area contributed by atoms with E-state index in [1.807, 2.05) is 18.2 Å². The fourth-order valence-corrected chi connectivity index (χ4v) is 4.78. The Kier molecular flexibility index (Phi) is 8.60. The molecular weight excluding hydrogens is 501 g/mol. The van der Waals surface area contributed by atoms with E-state index < -0.39 is 17.3 Å². The molecule has 192 valence electrons. The average molecular weight is 527 g/mol. The number of pyridine rings is 1. The van der Waals surface area contributed by atoms with Crippen molar-refractivity contribution in [1.82, 2.24) is 19.9 Å². The lowest BCUT2D eigenvalue weighted by molar-refractivity contribution is -0.137. The van der Waals surface area contributed by atoms with E-state index in [0.29, 0.717) is 41.2 Å². The van der Waals surface area contributed by atoms with Gasteiger partial charge in [0.25, 0.3) is 5.56 Å². The van der Waals surface area contributed by atoms with E-state index in [4.69, 9.17) is 0 Å². The highest BCUT2D eigenvalue weighted by molar-refractivity contribution is 7.99. The molecule has 1 N–H and O–H groups in total. The van der Waals surface area contributed by atoms with Crippen molar-refractivity contribution in [2.24, 2.45) is 0 Å². The van der Waals surface area contributed by atoms with Crippen LogP contribution in [0.2, 0.25) is 0 Å². The maximum atomic E-state index is 13.3. The van der Waals surface area contributed by atoms with E-state index in [9.17, 15) is 22.8 Å². The summed E-state index contributed by atoms with van der Waals surface area (Å²) in [6, 6.07) is 17.0. The molecule has 2 aromatic heterocycles. The van der Waals surface area contributed by atoms with Gasteiger partial charge in [0.05, 0.1) is 34.4 Å². The van der Waals surface area contributed by atoms with Gasteiger partial charge < -0.3 is 5.32 Å². The zero-order valence-corrected chi connectivity index (χ0v) is 20.7. The molecule has 0 aliphatic rings. The molecule has 0 spiro atoms. The minimum absolute atomic E-state index is 0.0483. The lowest BCUT2D eigenvalue weighted by Gasteiger charge is -2.15. The zero-order chi connectivity index (χ0) is 26.3. The number of alkyl halides is 3. The summed E-state index contributed by atoms with van der Waals surface area (Å²) in [6.07, 6.45) is -0.229. The number of aromatic nitrogens is 3. The minimum Gasteiger partial charge on any atom is -0.350 e. The van der Waals surface area contributed by atoms with Crippen LogP contribution < -0.4 is 10.9 Å². The first kappa shape index (κ1) is 26.4. The molecule has 0 saturated carbocycles. The number of unbranched alkanes of at least 4 members (excludes halogenated alkanes) is 2. The first-order chi connectivity index (χ1) is 17.8. The molecule has 0 bridgehead atoms. The summed E-state index contributed by atoms with van der Waals surface area (Å²) >= 11 is 1.31. The number of thioether (sulfide) groups is 1. The van der Waals surface area contributed by atoms with Crippen LogP contribution in [0.15, 0.2) is 82.9 Å². The topological polar surface area (TPSA) is 76.9 Å². The van der Waals surface area contributed by atoms with Crippen molar-refractivity contribution >= 4 is 28.6 Å². The van der Waals surface area contributed by atoms with Crippen molar-refractivity contribution in [2.45, 2.75) is 43.6 Å². The molecule has 4 rings (SSSR count). The van der Waals surface area contributed by atoms with Crippen molar-refractivity contribution in [3.8, 4) is 5.69 Å². The third-order valence-electron chi connectivity index (χ3n) is 5.65. The van der Waals surface area contributed by atoms with Crippen molar-refractivity contribution in [2.75, 3.05) is 5.75 Å². The summed E-state index contributed by atoms with van der Waals surface area (Å²) in [4.78, 5) is 34.1. The first-order valence-corrected chi connectivity index (χ1v) is 12.8. The third kappa shape index (κ3) is 6.97. The monoisotopic (exact) mass is 526 g/mol. The molecule has 37 heavy (non-hydrogen) atoms. The SMILES string of the molecule is O=C(CCCCCSc1nc2ccccc2c(=O)n1-c1cccc(C(F)(F)F)c1)NCc1ccccn1. The van der Waals surface area contributed by atoms with Crippen LogP contribution in [0.1, 0.15) is 36.9 Å². The molecule has 0 radical (unpaired) electrons. The van der Waals surface area contributed by atoms with Gasteiger partial charge in [0.15, 0.2) is 5.16 Å². The second-order valence-corrected chi connectivity index (χ2v) is 9.42. The van der Waals surface area contributed by atoms with Crippen LogP contribution in [0.3, 0.4) is 0 Å². The van der Waals surface area contributed by atoms with Crippen molar-refractivity contribution in [3.63, 3.8) is 0 Å². The highest BCUT2D eigenvalue weighted by atomic mass is 32.2. The summed E-state index contributed by atoms with van der Waals surface area (Å²) in [5, 5.41) is 3.51. The summed E-state index contributed by atoms with van der Waals surface area (Å²) in [6.45, 7) is 0.385. The smallest absolute Gasteiger partial charge is 0.350 e. The van der Waals surface area contributed by atoms with Crippen LogP contribution in [0, 0.1) is 0 Å². The molecule has 0 aliphatic carbocycles. The van der Waals surface area contributed by atoms with E-state index in [0.717, 1.165) is 30.7 Å². The summed E-state index contributed by atoms with van der Waals surface area (Å²) in [5.74, 6) is 0.548. The molecule has 1 amide bonds. The van der Waals surface area contributed by atoms with Gasteiger partial charge >= 0.3 is 6.18 Å². The summed E-state index contributed by atoms with van der Waals surface area (Å²) in [5.41, 5.74) is 0.147. The number of rotatable bonds is 10. The van der Waals surface area contributed by atoms with E-state index in [-0.39, 0.29) is 11.6 Å². The van der Waals surface area contributed by atoms with E-state index in [1.165, 1.54) is 28.5 Å². The number of amides is 1. The molecule has 0 fully saturated rings. The first-order valence-electron chi connectivity index (χ1n) is 11.8. The zero-order valence-electron chi connectivity index (χ0n) is 19.9. The van der Waals surface area contributed by atoms with Crippen molar-refractivity contribution < 1.29 is 18.0 Å². The third-order valence-corrected chi connectivity index (χ3v) is 6.67. The average Bonchev–Trinajstić information content (AvgIpc) is 2.90. The Balaban J connectivity index is 1.39. The second kappa shape index (κ2) is 12.1. The molecule has 4 aromatic rings. The van der Waals surface area contributed by atoms with Crippen molar-refractivity contribution in [3.05, 3.63) is 94.5 Å². The van der Waals surface area contributed by atoms with Gasteiger partial charge in [0.1, 0.15) is 0 Å². The Morgan fingerprint density at radius 3 is 2.57 bits per heavy atom. The van der Waals surface area contributed by atoms with Gasteiger partial charge in [-0.2, -0.15) is 13.2 Å². The molecule has 0 saturated heterocycles. The number of nitrogens with one attached hydrogen (secondary N) is 1. The lowest BCUT2D eigenvalue weighted by Crippen LogP contribution is -2.22. The minimum atomic E-state index is -4.53. The predicted octanol–water partition coefficient (Wildman–Crippen LogP) is 5.77. The van der Waals surface area contributed by atoms with Gasteiger partial charge in [-0.3, -0.25) is 19.1 Å². The number of hydrogen-bond donors (Lipinski definition) is 1. The van der Waals surface area contributed by atoms with Crippen LogP contribution in [0.5, 0.6) is 0 Å². The number of nitrogens with zero attached hydrogens (tertiary/aromatic N) is 3. The molecular formula is C27H25F3N4O2S. The van der Waals surface area contributed by atoms with Gasteiger partial charge in [-0.05, 0) is 55.3 Å². The number of fused-ring (bicyclic) bond motifs is 1. The Hall–Kier alpha value is -3.66. The van der Waals surface area contributed by atoms with Crippen LogP contribution in [0.25, 0.3) is 16.6 Å². The molecule has 0 unspecified atom stereocenters. The number of halogens is 3. The van der Waals surface area contributed by atoms with Gasteiger partial charge in [-0.25, -0.2) is 4.98 Å². The fraction of sp³-hybridized carbons (Fsp3) is 0.259. The van der Waals surface area contributed by atoms with Gasteiger partial charge in [0, 0.05) is 18.4 Å². The number of hydrogen-bond acceptors (Lipinski definition) is 5. The summed E-state index contributed by atoms with van der Waals surface area (Å²) in [7, 11) is 0. The van der Waals surface area contributed by atoms with Crippen LogP contribution in [-0.4, -0.2) is 26.2 Å². The Morgan fingerprint density at radius 2 is 1.78 bits per heavy atom. The molecule has 2 aromatic carbocycles. The molecule has 6 nitrogen and oxygen atoms in total. The van der Waals surface area contributed by atoms with Crippen LogP contribution >= 0.6 is 11.8 Å². The van der Waals surface area contributed by atoms with Gasteiger partial charge in [-0.1, -0.05) is 42.4 Å². The number of benzene rings is 2. The molecule has 0 aliphatic heterocycles. The van der Waals surface area contributed by atoms with Crippen LogP contribution in [-0.2, 0) is 17.5 Å². The molecule has 2 heterocycles. The fourth-order valence-electron chi connectivity index (χ4n) is 3.77. The quantitative estimate of drug-likeness (QED) is 0.161. The van der Waals surface area contributed by atoms with Gasteiger partial charge in [0.2, 0.25) is 5.91 Å². The number of carbonyl (C=O) groups excluding carboxylic acids is 1. The Morgan fingerprint density at radius 1 is 0.973 bits per heavy atom. The Bertz CT molecular complexity index is 1420. The van der Waals surface area contributed by atoms with E-state index in [1.54, 1.807) is 30.5 Å². The normalized spacial score (nSPS) is 11.5. The molecule has 0 atom stereocenters. The van der Waals surface area contributed by atoms with E-state index >= 15 is 0 Å². The maximum absolute atomic E-state index is 13.3. The Labute approximate surface area is 216 Å². The van der Waals surface area contributed by atoms with Crippen LogP contribution in [0.4, 0.5) is 13.2 Å². The predicted molar refractivity (Wildman–Crippen MR) is 138 cm³/mol. The number of carbonyl (C=O) groups is 1. The highest BCUT2D eigenvalue weighted by Gasteiger charge is 2.31.